The normalized spacial score (nSPS) is 31.8. The molecule has 3 aliphatic rings. The predicted octanol–water partition coefficient (Wildman–Crippen LogP) is 3.35. The molecule has 1 aromatic rings. The number of amides is 3. The van der Waals surface area contributed by atoms with Gasteiger partial charge in [0.25, 0.3) is 0 Å². The van der Waals surface area contributed by atoms with Crippen molar-refractivity contribution in [2.45, 2.75) is 95.5 Å². The minimum absolute atomic E-state index is 0.0100. The minimum Gasteiger partial charge on any atom is -0.394 e. The van der Waals surface area contributed by atoms with Crippen LogP contribution in [0.15, 0.2) is 30.3 Å². The predicted molar refractivity (Wildman–Crippen MR) is 147 cm³/mol. The first-order valence-corrected chi connectivity index (χ1v) is 14.3. The van der Waals surface area contributed by atoms with Gasteiger partial charge in [-0.05, 0) is 50.5 Å². The van der Waals surface area contributed by atoms with Crippen molar-refractivity contribution in [3.63, 3.8) is 0 Å². The Kier molecular flexibility index (Phi) is 7.49. The molecule has 7 atom stereocenters. The number of hydrogen-bond acceptors (Lipinski definition) is 5. The molecule has 3 aliphatic heterocycles. The van der Waals surface area contributed by atoms with E-state index < -0.39 is 34.2 Å². The van der Waals surface area contributed by atoms with E-state index in [1.165, 1.54) is 0 Å². The average molecular weight is 530 g/mol. The number of benzene rings is 1. The van der Waals surface area contributed by atoms with Crippen LogP contribution in [0.4, 0.5) is 0 Å². The quantitative estimate of drug-likeness (QED) is 0.480. The SMILES string of the molecule is CC1C[C@@H]2SC13C(C(=O)NC(C)(C)CC(C)(C)C)N([C@H](C)CO)C(=O)[C@@H]3[C@@H]2C(=O)NCc1ccccc1. The molecule has 3 heterocycles. The van der Waals surface area contributed by atoms with E-state index in [9.17, 15) is 19.5 Å². The lowest BCUT2D eigenvalue weighted by atomic mass is 9.65. The molecule has 3 unspecified atom stereocenters. The first-order chi connectivity index (χ1) is 17.2. The van der Waals surface area contributed by atoms with Crippen molar-refractivity contribution in [1.82, 2.24) is 15.5 Å². The third kappa shape index (κ3) is 5.03. The van der Waals surface area contributed by atoms with Crippen molar-refractivity contribution >= 4 is 29.5 Å². The molecule has 1 aromatic carbocycles. The fourth-order valence-corrected chi connectivity index (χ4v) is 9.70. The number of aliphatic hydroxyl groups is 1. The van der Waals surface area contributed by atoms with Crippen LogP contribution in [0.1, 0.15) is 66.9 Å². The summed E-state index contributed by atoms with van der Waals surface area (Å²) >= 11 is 1.66. The number of likely N-dealkylation sites (tertiary alicyclic amines) is 1. The van der Waals surface area contributed by atoms with Crippen LogP contribution in [0.25, 0.3) is 0 Å². The first-order valence-electron chi connectivity index (χ1n) is 13.5. The van der Waals surface area contributed by atoms with Gasteiger partial charge in [0.2, 0.25) is 17.7 Å². The average Bonchev–Trinajstić information content (AvgIpc) is 3.39. The van der Waals surface area contributed by atoms with Gasteiger partial charge in [-0.3, -0.25) is 14.4 Å². The number of nitrogens with one attached hydrogen (secondary N) is 2. The molecule has 3 amide bonds. The van der Waals surface area contributed by atoms with Crippen LogP contribution in [0.3, 0.4) is 0 Å². The first kappa shape index (κ1) is 28.0. The number of thioether (sulfide) groups is 1. The summed E-state index contributed by atoms with van der Waals surface area (Å²) in [4.78, 5) is 43.3. The zero-order valence-electron chi connectivity index (χ0n) is 23.2. The van der Waals surface area contributed by atoms with E-state index in [4.69, 9.17) is 0 Å². The molecule has 7 nitrogen and oxygen atoms in total. The largest absolute Gasteiger partial charge is 0.394 e. The Labute approximate surface area is 225 Å². The number of rotatable bonds is 8. The summed E-state index contributed by atoms with van der Waals surface area (Å²) in [5.41, 5.74) is 0.538. The molecule has 3 fully saturated rings. The van der Waals surface area contributed by atoms with Crippen LogP contribution in [0.2, 0.25) is 0 Å². The summed E-state index contributed by atoms with van der Waals surface area (Å²) in [5, 5.41) is 16.4. The standard InChI is InChI=1S/C29H43N3O4S/c1-17-13-20-21(24(34)30-14-19-11-9-8-10-12-19)22-26(36)32(18(2)15-33)23(29(17,22)37-20)25(35)31-28(6,7)16-27(3,4)5/h8-12,17-18,20-23,33H,13-16H2,1-7H3,(H,30,34)(H,31,35)/t17?,18-,20+,21-,22+,23?,29?/m1/s1. The van der Waals surface area contributed by atoms with Crippen molar-refractivity contribution in [2.75, 3.05) is 6.61 Å². The summed E-state index contributed by atoms with van der Waals surface area (Å²) in [5.74, 6) is -1.48. The van der Waals surface area contributed by atoms with Gasteiger partial charge in [0.15, 0.2) is 0 Å². The molecule has 2 bridgehead atoms. The third-order valence-electron chi connectivity index (χ3n) is 8.22. The van der Waals surface area contributed by atoms with Gasteiger partial charge in [0.1, 0.15) is 6.04 Å². The van der Waals surface area contributed by atoms with Crippen LogP contribution < -0.4 is 10.6 Å². The number of fused-ring (bicyclic) bond motifs is 1. The highest BCUT2D eigenvalue weighted by molar-refractivity contribution is 8.02. The monoisotopic (exact) mass is 529 g/mol. The van der Waals surface area contributed by atoms with Gasteiger partial charge in [-0.1, -0.05) is 58.0 Å². The number of carbonyl (C=O) groups excluding carboxylic acids is 3. The Morgan fingerprint density at radius 3 is 2.41 bits per heavy atom. The van der Waals surface area contributed by atoms with Gasteiger partial charge in [-0.25, -0.2) is 0 Å². The van der Waals surface area contributed by atoms with Crippen LogP contribution in [0.5, 0.6) is 0 Å². The van der Waals surface area contributed by atoms with Crippen molar-refractivity contribution in [1.29, 1.82) is 0 Å². The summed E-state index contributed by atoms with van der Waals surface area (Å²) in [6.07, 6.45) is 1.56. The van der Waals surface area contributed by atoms with Gasteiger partial charge in [-0.15, -0.1) is 11.8 Å². The van der Waals surface area contributed by atoms with E-state index in [2.05, 4.69) is 38.3 Å². The zero-order valence-corrected chi connectivity index (χ0v) is 24.0. The molecule has 0 saturated carbocycles. The second-order valence-electron chi connectivity index (χ2n) is 13.1. The van der Waals surface area contributed by atoms with Crippen molar-refractivity contribution < 1.29 is 19.5 Å². The number of carbonyl (C=O) groups is 3. The molecule has 37 heavy (non-hydrogen) atoms. The van der Waals surface area contributed by atoms with Crippen molar-refractivity contribution in [3.05, 3.63) is 35.9 Å². The molecule has 1 spiro atoms. The smallest absolute Gasteiger partial charge is 0.244 e. The summed E-state index contributed by atoms with van der Waals surface area (Å²) in [6, 6.07) is 8.48. The Hall–Kier alpha value is -2.06. The van der Waals surface area contributed by atoms with Crippen LogP contribution in [-0.2, 0) is 20.9 Å². The summed E-state index contributed by atoms with van der Waals surface area (Å²) in [7, 11) is 0. The Balaban J connectivity index is 1.65. The second kappa shape index (κ2) is 9.92. The van der Waals surface area contributed by atoms with Gasteiger partial charge < -0.3 is 20.6 Å². The lowest BCUT2D eigenvalue weighted by Crippen LogP contribution is -2.61. The maximum Gasteiger partial charge on any atom is 0.244 e. The zero-order chi connectivity index (χ0) is 27.3. The fourth-order valence-electron chi connectivity index (χ4n) is 7.30. The lowest BCUT2D eigenvalue weighted by Gasteiger charge is -2.42. The molecule has 0 aliphatic carbocycles. The van der Waals surface area contributed by atoms with E-state index in [1.54, 1.807) is 23.6 Å². The Bertz CT molecular complexity index is 1040. The van der Waals surface area contributed by atoms with Crippen molar-refractivity contribution in [3.8, 4) is 0 Å². The molecule has 204 valence electrons. The Morgan fingerprint density at radius 2 is 1.81 bits per heavy atom. The molecule has 8 heteroatoms. The number of nitrogens with zero attached hydrogens (tertiary/aromatic N) is 1. The summed E-state index contributed by atoms with van der Waals surface area (Å²) in [6.45, 7) is 14.5. The van der Waals surface area contributed by atoms with E-state index in [1.807, 2.05) is 44.2 Å². The highest BCUT2D eigenvalue weighted by atomic mass is 32.2. The fraction of sp³-hybridized carbons (Fsp3) is 0.690. The third-order valence-corrected chi connectivity index (χ3v) is 10.3. The number of hydrogen-bond donors (Lipinski definition) is 3. The highest BCUT2D eigenvalue weighted by Crippen LogP contribution is 2.68. The van der Waals surface area contributed by atoms with Gasteiger partial charge in [0, 0.05) is 17.3 Å². The van der Waals surface area contributed by atoms with Gasteiger partial charge >= 0.3 is 0 Å². The molecule has 0 radical (unpaired) electrons. The number of aliphatic hydroxyl groups excluding tert-OH is 1. The summed E-state index contributed by atoms with van der Waals surface area (Å²) < 4.78 is -0.693. The maximum atomic E-state index is 14.1. The van der Waals surface area contributed by atoms with Gasteiger partial charge in [0.05, 0.1) is 29.2 Å². The molecule has 3 saturated heterocycles. The Morgan fingerprint density at radius 1 is 1.16 bits per heavy atom. The van der Waals surface area contributed by atoms with Crippen LogP contribution >= 0.6 is 11.8 Å². The molecular formula is C29H43N3O4S. The lowest BCUT2D eigenvalue weighted by molar-refractivity contribution is -0.142. The van der Waals surface area contributed by atoms with E-state index in [0.29, 0.717) is 6.54 Å². The molecule has 3 N–H and O–H groups in total. The minimum atomic E-state index is -0.733. The van der Waals surface area contributed by atoms with Gasteiger partial charge in [-0.2, -0.15) is 0 Å². The topological polar surface area (TPSA) is 98.7 Å². The van der Waals surface area contributed by atoms with Crippen LogP contribution in [0, 0.1) is 23.2 Å². The molecule has 0 aromatic heterocycles. The van der Waals surface area contributed by atoms with E-state index >= 15 is 0 Å². The molecular weight excluding hydrogens is 486 g/mol. The van der Waals surface area contributed by atoms with Crippen LogP contribution in [-0.4, -0.2) is 62.0 Å². The van der Waals surface area contributed by atoms with Crippen molar-refractivity contribution in [2.24, 2.45) is 23.2 Å². The van der Waals surface area contributed by atoms with E-state index in [-0.39, 0.29) is 40.9 Å². The maximum absolute atomic E-state index is 14.1. The highest BCUT2D eigenvalue weighted by Gasteiger charge is 2.76. The molecule has 4 rings (SSSR count). The second-order valence-corrected chi connectivity index (χ2v) is 14.7. The van der Waals surface area contributed by atoms with E-state index in [0.717, 1.165) is 18.4 Å².